The van der Waals surface area contributed by atoms with Gasteiger partial charge in [-0.1, -0.05) is 6.07 Å². The summed E-state index contributed by atoms with van der Waals surface area (Å²) < 4.78 is 47.4. The van der Waals surface area contributed by atoms with Crippen LogP contribution in [0.3, 0.4) is 0 Å². The minimum absolute atomic E-state index is 0.00314. The van der Waals surface area contributed by atoms with E-state index in [4.69, 9.17) is 4.74 Å². The summed E-state index contributed by atoms with van der Waals surface area (Å²) in [6.07, 6.45) is 1.76. The molecule has 0 saturated carbocycles. The molecule has 1 aromatic heterocycles. The van der Waals surface area contributed by atoms with Crippen molar-refractivity contribution in [2.75, 3.05) is 11.9 Å². The highest BCUT2D eigenvalue weighted by Crippen LogP contribution is 2.32. The fraction of sp³-hybridized carbons (Fsp3) is 0.200. The first-order valence-electron chi connectivity index (χ1n) is 8.65. The van der Waals surface area contributed by atoms with Crippen molar-refractivity contribution >= 4 is 11.6 Å². The van der Waals surface area contributed by atoms with Crippen LogP contribution in [-0.2, 0) is 13.0 Å². The van der Waals surface area contributed by atoms with Gasteiger partial charge in [-0.3, -0.25) is 4.79 Å². The van der Waals surface area contributed by atoms with Gasteiger partial charge >= 0.3 is 5.56 Å². The summed E-state index contributed by atoms with van der Waals surface area (Å²) in [5, 5.41) is 3.05. The van der Waals surface area contributed by atoms with E-state index in [-0.39, 0.29) is 12.5 Å². The van der Waals surface area contributed by atoms with Crippen molar-refractivity contribution in [3.8, 4) is 5.75 Å². The van der Waals surface area contributed by atoms with E-state index in [2.05, 4.69) is 10.3 Å². The van der Waals surface area contributed by atoms with Crippen LogP contribution in [-0.4, -0.2) is 16.2 Å². The van der Waals surface area contributed by atoms with Gasteiger partial charge in [-0.05, 0) is 47.9 Å². The Labute approximate surface area is 158 Å². The lowest BCUT2D eigenvalue weighted by molar-refractivity contribution is 0.356. The molecule has 0 saturated heterocycles. The summed E-state index contributed by atoms with van der Waals surface area (Å²) >= 11 is 0. The van der Waals surface area contributed by atoms with Crippen LogP contribution < -0.4 is 15.6 Å². The molecule has 0 unspecified atom stereocenters. The highest BCUT2D eigenvalue weighted by atomic mass is 19.2. The van der Waals surface area contributed by atoms with Crippen molar-refractivity contribution < 1.29 is 17.9 Å². The van der Waals surface area contributed by atoms with Crippen molar-refractivity contribution in [3.63, 3.8) is 0 Å². The van der Waals surface area contributed by atoms with Crippen LogP contribution in [0.5, 0.6) is 5.75 Å². The second-order valence-electron chi connectivity index (χ2n) is 6.59. The first kappa shape index (κ1) is 18.1. The number of nitrogens with one attached hydrogen (secondary N) is 1. The van der Waals surface area contributed by atoms with Crippen LogP contribution in [0.1, 0.15) is 16.7 Å². The van der Waals surface area contributed by atoms with Gasteiger partial charge in [0.15, 0.2) is 11.6 Å². The van der Waals surface area contributed by atoms with Crippen LogP contribution in [0.25, 0.3) is 0 Å². The first-order chi connectivity index (χ1) is 13.4. The molecule has 0 fully saturated rings. The van der Waals surface area contributed by atoms with E-state index in [0.717, 1.165) is 41.6 Å². The molecule has 0 radical (unpaired) electrons. The molecule has 4 rings (SSSR count). The third kappa shape index (κ3) is 3.45. The molecule has 5 nitrogen and oxygen atoms in total. The number of anilines is 2. The molecule has 0 amide bonds. The van der Waals surface area contributed by atoms with Crippen molar-refractivity contribution in [2.45, 2.75) is 19.9 Å². The van der Waals surface area contributed by atoms with Gasteiger partial charge in [-0.2, -0.15) is 9.37 Å². The van der Waals surface area contributed by atoms with E-state index in [1.54, 1.807) is 0 Å². The zero-order valence-corrected chi connectivity index (χ0v) is 14.9. The Morgan fingerprint density at radius 2 is 1.96 bits per heavy atom. The van der Waals surface area contributed by atoms with E-state index in [1.165, 1.54) is 10.6 Å². The number of aryl methyl sites for hydroxylation is 1. The highest BCUT2D eigenvalue weighted by Gasteiger charge is 2.16. The van der Waals surface area contributed by atoms with Gasteiger partial charge in [0.05, 0.1) is 13.2 Å². The average Bonchev–Trinajstić information content (AvgIpc) is 3.09. The van der Waals surface area contributed by atoms with Crippen LogP contribution in [0.15, 0.2) is 41.3 Å². The van der Waals surface area contributed by atoms with Crippen LogP contribution in [0, 0.1) is 24.4 Å². The summed E-state index contributed by atoms with van der Waals surface area (Å²) in [6, 6.07) is 7.18. The topological polar surface area (TPSA) is 56.2 Å². The fourth-order valence-electron chi connectivity index (χ4n) is 3.10. The maximum absolute atomic E-state index is 13.8. The van der Waals surface area contributed by atoms with Gasteiger partial charge in [0.1, 0.15) is 5.75 Å². The molecule has 2 aromatic carbocycles. The van der Waals surface area contributed by atoms with Gasteiger partial charge < -0.3 is 14.6 Å². The van der Waals surface area contributed by atoms with E-state index >= 15 is 0 Å². The third-order valence-electron chi connectivity index (χ3n) is 4.57. The number of aromatic nitrogens is 2. The molecule has 1 aliphatic rings. The van der Waals surface area contributed by atoms with Gasteiger partial charge in [0, 0.05) is 18.3 Å². The highest BCUT2D eigenvalue weighted by molar-refractivity contribution is 5.63. The minimum Gasteiger partial charge on any atom is -0.493 e. The predicted octanol–water partition coefficient (Wildman–Crippen LogP) is 3.70. The SMILES string of the molecule is Cc1cc2c(cc1Nc1nc(=O)c(F)cn1Cc1ccc(F)c(F)c1)CCO2. The molecule has 3 aromatic rings. The Kier molecular flexibility index (Phi) is 4.54. The number of hydrogen-bond acceptors (Lipinski definition) is 4. The molecular formula is C20H16F3N3O2. The number of ether oxygens (including phenoxy) is 1. The Bertz CT molecular complexity index is 1130. The van der Waals surface area contributed by atoms with Crippen LogP contribution in [0.2, 0.25) is 0 Å². The monoisotopic (exact) mass is 387 g/mol. The molecule has 2 heterocycles. The summed E-state index contributed by atoms with van der Waals surface area (Å²) in [5.41, 5.74) is 1.96. The molecule has 1 N–H and O–H groups in total. The maximum Gasteiger partial charge on any atom is 0.310 e. The smallest absolute Gasteiger partial charge is 0.310 e. The first-order valence-corrected chi connectivity index (χ1v) is 8.65. The maximum atomic E-state index is 13.8. The summed E-state index contributed by atoms with van der Waals surface area (Å²) in [4.78, 5) is 15.5. The summed E-state index contributed by atoms with van der Waals surface area (Å²) in [6.45, 7) is 2.47. The molecule has 1 aliphatic heterocycles. The molecule has 0 spiro atoms. The molecule has 0 aliphatic carbocycles. The number of nitrogens with zero attached hydrogens (tertiary/aromatic N) is 2. The molecule has 144 valence electrons. The molecule has 8 heteroatoms. The van der Waals surface area contributed by atoms with Crippen molar-refractivity contribution in [3.05, 3.63) is 81.0 Å². The zero-order chi connectivity index (χ0) is 19.8. The minimum atomic E-state index is -1.03. The third-order valence-corrected chi connectivity index (χ3v) is 4.57. The second-order valence-corrected chi connectivity index (χ2v) is 6.59. The Balaban J connectivity index is 1.71. The van der Waals surface area contributed by atoms with E-state index in [0.29, 0.717) is 17.9 Å². The number of benzene rings is 2. The van der Waals surface area contributed by atoms with Gasteiger partial charge in [-0.25, -0.2) is 8.78 Å². The van der Waals surface area contributed by atoms with Gasteiger partial charge in [0.25, 0.3) is 0 Å². The van der Waals surface area contributed by atoms with E-state index < -0.39 is 23.0 Å². The average molecular weight is 387 g/mol. The quantitative estimate of drug-likeness (QED) is 0.742. The Morgan fingerprint density at radius 3 is 2.75 bits per heavy atom. The fourth-order valence-corrected chi connectivity index (χ4v) is 3.10. The van der Waals surface area contributed by atoms with E-state index in [9.17, 15) is 18.0 Å². The molecule has 0 bridgehead atoms. The molecular weight excluding hydrogens is 371 g/mol. The lowest BCUT2D eigenvalue weighted by Crippen LogP contribution is -2.20. The number of fused-ring (bicyclic) bond motifs is 1. The molecule has 28 heavy (non-hydrogen) atoms. The standard InChI is InChI=1S/C20H16F3N3O2/c1-11-6-18-13(4-5-28-18)8-17(11)24-20-25-19(27)16(23)10-26(20)9-12-2-3-14(21)15(22)7-12/h2-3,6-8,10H,4-5,9H2,1H3,(H,24,25,27). The Morgan fingerprint density at radius 1 is 1.14 bits per heavy atom. The van der Waals surface area contributed by atoms with Crippen molar-refractivity contribution in [1.82, 2.24) is 9.55 Å². The van der Waals surface area contributed by atoms with E-state index in [1.807, 2.05) is 19.1 Å². The second kappa shape index (κ2) is 7.03. The lowest BCUT2D eigenvalue weighted by Gasteiger charge is -2.16. The van der Waals surface area contributed by atoms with Crippen LogP contribution >= 0.6 is 0 Å². The van der Waals surface area contributed by atoms with Gasteiger partial charge in [-0.15, -0.1) is 0 Å². The molecule has 0 atom stereocenters. The van der Waals surface area contributed by atoms with Crippen molar-refractivity contribution in [2.24, 2.45) is 0 Å². The number of halogens is 3. The van der Waals surface area contributed by atoms with Crippen molar-refractivity contribution in [1.29, 1.82) is 0 Å². The zero-order valence-electron chi connectivity index (χ0n) is 14.9. The number of rotatable bonds is 4. The van der Waals surface area contributed by atoms with Gasteiger partial charge in [0.2, 0.25) is 11.8 Å². The normalized spacial score (nSPS) is 12.6. The van der Waals surface area contributed by atoms with Crippen LogP contribution in [0.4, 0.5) is 24.8 Å². The predicted molar refractivity (Wildman–Crippen MR) is 97.6 cm³/mol. The number of hydrogen-bond donors (Lipinski definition) is 1. The summed E-state index contributed by atoms with van der Waals surface area (Å²) in [7, 11) is 0. The summed E-state index contributed by atoms with van der Waals surface area (Å²) in [5.74, 6) is -2.10. The Hall–Kier alpha value is -3.29. The lowest BCUT2D eigenvalue weighted by atomic mass is 10.1. The largest absolute Gasteiger partial charge is 0.493 e.